The summed E-state index contributed by atoms with van der Waals surface area (Å²) in [6.07, 6.45) is 1.60. The number of hydrogen-bond acceptors (Lipinski definition) is 4. The third kappa shape index (κ3) is 3.88. The maximum Gasteiger partial charge on any atom is 0.213 e. The molecule has 100 valence electrons. The van der Waals surface area contributed by atoms with Crippen LogP contribution in [-0.4, -0.2) is 24.7 Å². The molecule has 2 N–H and O–H groups in total. The molecule has 0 unspecified atom stereocenters. The van der Waals surface area contributed by atoms with Crippen molar-refractivity contribution in [2.45, 2.75) is 6.92 Å². The van der Waals surface area contributed by atoms with Gasteiger partial charge in [0.25, 0.3) is 0 Å². The van der Waals surface area contributed by atoms with E-state index in [0.29, 0.717) is 18.2 Å². The normalized spacial score (nSPS) is 10.2. The lowest BCUT2D eigenvalue weighted by atomic mass is 10.3. The molecule has 0 fully saturated rings. The molecule has 0 saturated heterocycles. The minimum absolute atomic E-state index is 0.597. The summed E-state index contributed by atoms with van der Waals surface area (Å²) in [5, 5.41) is 0. The number of rotatable bonds is 6. The van der Waals surface area contributed by atoms with Crippen LogP contribution in [0.2, 0.25) is 0 Å². The number of anilines is 2. The molecule has 0 aliphatic heterocycles. The van der Waals surface area contributed by atoms with Gasteiger partial charge < -0.3 is 15.4 Å². The van der Waals surface area contributed by atoms with Crippen molar-refractivity contribution in [2.24, 2.45) is 0 Å². The first-order valence-electron chi connectivity index (χ1n) is 6.44. The molecule has 0 aliphatic rings. The van der Waals surface area contributed by atoms with Crippen LogP contribution in [0.4, 0.5) is 11.4 Å². The third-order valence-electron chi connectivity index (χ3n) is 2.87. The van der Waals surface area contributed by atoms with Gasteiger partial charge in [0.2, 0.25) is 5.88 Å². The van der Waals surface area contributed by atoms with Crippen molar-refractivity contribution in [3.63, 3.8) is 0 Å². The first-order valence-corrected chi connectivity index (χ1v) is 6.44. The summed E-state index contributed by atoms with van der Waals surface area (Å²) in [6, 6.07) is 13.9. The molecule has 0 amide bonds. The highest BCUT2D eigenvalue weighted by molar-refractivity contribution is 5.45. The van der Waals surface area contributed by atoms with E-state index in [1.165, 1.54) is 5.69 Å². The van der Waals surface area contributed by atoms with E-state index in [9.17, 15) is 0 Å². The molecule has 4 nitrogen and oxygen atoms in total. The van der Waals surface area contributed by atoms with Gasteiger partial charge in [-0.05, 0) is 25.1 Å². The van der Waals surface area contributed by atoms with Gasteiger partial charge in [-0.25, -0.2) is 4.98 Å². The van der Waals surface area contributed by atoms with E-state index in [-0.39, 0.29) is 0 Å². The summed E-state index contributed by atoms with van der Waals surface area (Å²) in [7, 11) is 0. The Bertz CT molecular complexity index is 485. The Labute approximate surface area is 113 Å². The zero-order valence-corrected chi connectivity index (χ0v) is 11.1. The van der Waals surface area contributed by atoms with E-state index in [0.717, 1.165) is 13.1 Å². The van der Waals surface area contributed by atoms with Crippen molar-refractivity contribution >= 4 is 11.4 Å². The van der Waals surface area contributed by atoms with Crippen molar-refractivity contribution in [3.8, 4) is 5.88 Å². The Morgan fingerprint density at radius 1 is 1.16 bits per heavy atom. The molecule has 1 aromatic heterocycles. The Kier molecular flexibility index (Phi) is 4.61. The molecule has 0 aliphatic carbocycles. The van der Waals surface area contributed by atoms with Crippen LogP contribution in [0.25, 0.3) is 0 Å². The summed E-state index contributed by atoms with van der Waals surface area (Å²) in [4.78, 5) is 6.37. The molecule has 19 heavy (non-hydrogen) atoms. The van der Waals surface area contributed by atoms with Crippen LogP contribution in [0.3, 0.4) is 0 Å². The maximum absolute atomic E-state index is 5.61. The Morgan fingerprint density at radius 3 is 2.58 bits per heavy atom. The molecule has 4 heteroatoms. The third-order valence-corrected chi connectivity index (χ3v) is 2.87. The van der Waals surface area contributed by atoms with Gasteiger partial charge in [0.15, 0.2) is 0 Å². The lowest BCUT2D eigenvalue weighted by molar-refractivity contribution is 0.312. The molecular formula is C15H19N3O. The van der Waals surface area contributed by atoms with Crippen molar-refractivity contribution in [1.29, 1.82) is 0 Å². The predicted molar refractivity (Wildman–Crippen MR) is 78.5 cm³/mol. The number of nitrogens with two attached hydrogens (primary N) is 1. The summed E-state index contributed by atoms with van der Waals surface area (Å²) in [6.45, 7) is 4.50. The topological polar surface area (TPSA) is 51.4 Å². The first-order chi connectivity index (χ1) is 9.29. The zero-order chi connectivity index (χ0) is 13.5. The molecule has 1 aromatic carbocycles. The quantitative estimate of drug-likeness (QED) is 0.864. The van der Waals surface area contributed by atoms with Gasteiger partial charge in [-0.1, -0.05) is 18.2 Å². The van der Waals surface area contributed by atoms with Crippen LogP contribution in [0.15, 0.2) is 48.7 Å². The zero-order valence-electron chi connectivity index (χ0n) is 11.1. The maximum atomic E-state index is 5.61. The van der Waals surface area contributed by atoms with E-state index < -0.39 is 0 Å². The number of para-hydroxylation sites is 1. The van der Waals surface area contributed by atoms with Crippen LogP contribution in [-0.2, 0) is 0 Å². The van der Waals surface area contributed by atoms with Crippen LogP contribution >= 0.6 is 0 Å². The summed E-state index contributed by atoms with van der Waals surface area (Å²) in [5.41, 5.74) is 7.43. The molecule has 0 radical (unpaired) electrons. The number of aromatic nitrogens is 1. The molecule has 0 atom stereocenters. The summed E-state index contributed by atoms with van der Waals surface area (Å²) in [5.74, 6) is 0.610. The minimum atomic E-state index is 0.597. The largest absolute Gasteiger partial charge is 0.476 e. The number of likely N-dealkylation sites (N-methyl/N-ethyl adjacent to an activating group) is 1. The van der Waals surface area contributed by atoms with Gasteiger partial charge in [-0.2, -0.15) is 0 Å². The van der Waals surface area contributed by atoms with E-state index in [4.69, 9.17) is 10.5 Å². The Morgan fingerprint density at radius 2 is 1.95 bits per heavy atom. The number of nitrogen functional groups attached to an aromatic ring is 1. The molecule has 0 bridgehead atoms. The average molecular weight is 257 g/mol. The monoisotopic (exact) mass is 257 g/mol. The van der Waals surface area contributed by atoms with Crippen LogP contribution in [0.1, 0.15) is 6.92 Å². The number of hydrogen-bond donors (Lipinski definition) is 1. The molecule has 2 aromatic rings. The second-order valence-electron chi connectivity index (χ2n) is 4.19. The van der Waals surface area contributed by atoms with Crippen LogP contribution < -0.4 is 15.4 Å². The van der Waals surface area contributed by atoms with Crippen LogP contribution in [0, 0.1) is 0 Å². The van der Waals surface area contributed by atoms with Gasteiger partial charge in [-0.15, -0.1) is 0 Å². The van der Waals surface area contributed by atoms with Gasteiger partial charge in [0.05, 0.1) is 18.4 Å². The highest BCUT2D eigenvalue weighted by atomic mass is 16.5. The summed E-state index contributed by atoms with van der Waals surface area (Å²) < 4.78 is 5.61. The minimum Gasteiger partial charge on any atom is -0.476 e. The van der Waals surface area contributed by atoms with E-state index in [2.05, 4.69) is 28.9 Å². The fourth-order valence-corrected chi connectivity index (χ4v) is 1.85. The van der Waals surface area contributed by atoms with Gasteiger partial charge in [0.1, 0.15) is 6.61 Å². The SMILES string of the molecule is CCN(CCOc1ccc(N)cn1)c1ccccc1. The average Bonchev–Trinajstić information content (AvgIpc) is 2.46. The van der Waals surface area contributed by atoms with Gasteiger partial charge >= 0.3 is 0 Å². The Hall–Kier alpha value is -2.23. The fraction of sp³-hybridized carbons (Fsp3) is 0.267. The molecule has 0 saturated carbocycles. The van der Waals surface area contributed by atoms with Crippen molar-refractivity contribution < 1.29 is 4.74 Å². The van der Waals surface area contributed by atoms with Gasteiger partial charge in [0, 0.05) is 18.3 Å². The Balaban J connectivity index is 1.85. The fourth-order valence-electron chi connectivity index (χ4n) is 1.85. The molecular weight excluding hydrogens is 238 g/mol. The predicted octanol–water partition coefficient (Wildman–Crippen LogP) is 2.57. The van der Waals surface area contributed by atoms with Crippen LogP contribution in [0.5, 0.6) is 5.88 Å². The smallest absolute Gasteiger partial charge is 0.213 e. The number of benzene rings is 1. The van der Waals surface area contributed by atoms with E-state index in [1.54, 1.807) is 18.3 Å². The molecule has 0 spiro atoms. The van der Waals surface area contributed by atoms with Gasteiger partial charge in [-0.3, -0.25) is 0 Å². The van der Waals surface area contributed by atoms with Crippen molar-refractivity contribution in [1.82, 2.24) is 4.98 Å². The second-order valence-corrected chi connectivity index (χ2v) is 4.19. The lowest BCUT2D eigenvalue weighted by Gasteiger charge is -2.22. The molecule has 2 rings (SSSR count). The summed E-state index contributed by atoms with van der Waals surface area (Å²) >= 11 is 0. The second kappa shape index (κ2) is 6.64. The van der Waals surface area contributed by atoms with Crippen molar-refractivity contribution in [2.75, 3.05) is 30.3 Å². The molecule has 1 heterocycles. The van der Waals surface area contributed by atoms with Crippen molar-refractivity contribution in [3.05, 3.63) is 48.7 Å². The van der Waals surface area contributed by atoms with E-state index in [1.807, 2.05) is 18.2 Å². The number of nitrogens with zero attached hydrogens (tertiary/aromatic N) is 2. The first kappa shape index (κ1) is 13.2. The van der Waals surface area contributed by atoms with E-state index >= 15 is 0 Å². The highest BCUT2D eigenvalue weighted by Crippen LogP contribution is 2.13. The standard InChI is InChI=1S/C15H19N3O/c1-2-18(14-6-4-3-5-7-14)10-11-19-15-9-8-13(16)12-17-15/h3-9,12H,2,10-11,16H2,1H3. The number of ether oxygens (including phenoxy) is 1. The highest BCUT2D eigenvalue weighted by Gasteiger charge is 2.03. The lowest BCUT2D eigenvalue weighted by Crippen LogP contribution is -2.28. The number of pyridine rings is 1.